The highest BCUT2D eigenvalue weighted by atomic mass is 16.5. The van der Waals surface area contributed by atoms with Gasteiger partial charge in [0.1, 0.15) is 25.7 Å². The van der Waals surface area contributed by atoms with Gasteiger partial charge in [-0.1, -0.05) is 44.2 Å². The second-order valence-electron chi connectivity index (χ2n) is 10.3. The second kappa shape index (κ2) is 11.6. The van der Waals surface area contributed by atoms with Crippen molar-refractivity contribution in [3.63, 3.8) is 0 Å². The Labute approximate surface area is 219 Å². The van der Waals surface area contributed by atoms with Crippen LogP contribution in [0.25, 0.3) is 10.8 Å². The number of ether oxygens (including phenoxy) is 2. The normalized spacial score (nSPS) is 15.4. The van der Waals surface area contributed by atoms with Crippen LogP contribution < -0.4 is 20.2 Å². The van der Waals surface area contributed by atoms with E-state index in [1.54, 1.807) is 14.2 Å². The zero-order chi connectivity index (χ0) is 26.4. The summed E-state index contributed by atoms with van der Waals surface area (Å²) in [4.78, 5) is 26.8. The quantitative estimate of drug-likeness (QED) is 0.387. The molecule has 0 radical (unpaired) electrons. The first-order valence-electron chi connectivity index (χ1n) is 13.0. The Hall–Kier alpha value is -3.58. The third-order valence-electron chi connectivity index (χ3n) is 7.04. The molecule has 1 aliphatic rings. The Bertz CT molecular complexity index is 1250. The van der Waals surface area contributed by atoms with Gasteiger partial charge in [-0.3, -0.25) is 9.59 Å². The van der Waals surface area contributed by atoms with E-state index in [1.165, 1.54) is 0 Å². The molecular formula is C30H38N3O4+. The van der Waals surface area contributed by atoms with Gasteiger partial charge < -0.3 is 14.8 Å². The van der Waals surface area contributed by atoms with Crippen LogP contribution in [0.3, 0.4) is 0 Å². The summed E-state index contributed by atoms with van der Waals surface area (Å²) < 4.78 is 11.3. The van der Waals surface area contributed by atoms with Gasteiger partial charge in [0, 0.05) is 24.0 Å². The van der Waals surface area contributed by atoms with Crippen LogP contribution in [0.2, 0.25) is 0 Å². The molecule has 1 heterocycles. The average molecular weight is 505 g/mol. The fourth-order valence-corrected chi connectivity index (χ4v) is 5.17. The van der Waals surface area contributed by atoms with Crippen molar-refractivity contribution in [2.75, 3.05) is 27.3 Å². The molecule has 4 rings (SSSR count). The van der Waals surface area contributed by atoms with Crippen LogP contribution in [0, 0.1) is 5.92 Å². The lowest BCUT2D eigenvalue weighted by Gasteiger charge is -2.35. The summed E-state index contributed by atoms with van der Waals surface area (Å²) >= 11 is 0. The van der Waals surface area contributed by atoms with Crippen LogP contribution in [-0.4, -0.2) is 49.8 Å². The summed E-state index contributed by atoms with van der Waals surface area (Å²) in [6, 6.07) is 18.8. The molecule has 1 aliphatic heterocycles. The van der Waals surface area contributed by atoms with Crippen molar-refractivity contribution in [1.29, 1.82) is 0 Å². The standard InChI is InChI=1S/C30H37N3O4/c1-21(2)17-26(31-29(34)25-13-12-23-9-5-6-10-24(23)19-25)30(35)32-33(15-7-8-16-33)20-22-11-14-27(36-3)28(18-22)37-4/h5-6,9-14,18-19,21,26H,7-8,15-17,20H2,1-4H3,(H-,31,32,34,35)/p+1/t26-/m0/s1. The maximum absolute atomic E-state index is 13.6. The number of carbonyl (C=O) groups is 2. The second-order valence-corrected chi connectivity index (χ2v) is 10.3. The third-order valence-corrected chi connectivity index (χ3v) is 7.04. The molecule has 0 saturated carbocycles. The smallest absolute Gasteiger partial charge is 0.287 e. The summed E-state index contributed by atoms with van der Waals surface area (Å²) in [5, 5.41) is 5.09. The van der Waals surface area contributed by atoms with E-state index in [0.717, 1.165) is 42.3 Å². The van der Waals surface area contributed by atoms with Crippen LogP contribution in [0.5, 0.6) is 11.5 Å². The van der Waals surface area contributed by atoms with E-state index in [-0.39, 0.29) is 17.7 Å². The first-order chi connectivity index (χ1) is 17.8. The van der Waals surface area contributed by atoms with Gasteiger partial charge in [-0.05, 0) is 53.4 Å². The largest absolute Gasteiger partial charge is 0.493 e. The Morgan fingerprint density at radius 2 is 1.59 bits per heavy atom. The van der Waals surface area contributed by atoms with Crippen molar-refractivity contribution in [3.05, 3.63) is 71.8 Å². The number of benzene rings is 3. The lowest BCUT2D eigenvalue weighted by molar-refractivity contribution is -0.963. The molecule has 3 aromatic rings. The van der Waals surface area contributed by atoms with Crippen molar-refractivity contribution in [2.24, 2.45) is 5.92 Å². The van der Waals surface area contributed by atoms with E-state index in [2.05, 4.69) is 24.6 Å². The molecule has 0 aromatic heterocycles. The van der Waals surface area contributed by atoms with Gasteiger partial charge in [-0.25, -0.2) is 4.59 Å². The van der Waals surface area contributed by atoms with E-state index in [0.29, 0.717) is 34.6 Å². The molecule has 196 valence electrons. The molecular weight excluding hydrogens is 466 g/mol. The van der Waals surface area contributed by atoms with Gasteiger partial charge in [0.25, 0.3) is 11.8 Å². The maximum atomic E-state index is 13.6. The Balaban J connectivity index is 1.52. The summed E-state index contributed by atoms with van der Waals surface area (Å²) in [6.07, 6.45) is 2.62. The molecule has 7 nitrogen and oxygen atoms in total. The monoisotopic (exact) mass is 504 g/mol. The first-order valence-corrected chi connectivity index (χ1v) is 13.0. The van der Waals surface area contributed by atoms with Crippen LogP contribution in [0.1, 0.15) is 49.0 Å². The summed E-state index contributed by atoms with van der Waals surface area (Å²) in [6.45, 7) is 6.44. The highest BCUT2D eigenvalue weighted by Gasteiger charge is 2.37. The highest BCUT2D eigenvalue weighted by molar-refractivity contribution is 6.00. The van der Waals surface area contributed by atoms with E-state index in [9.17, 15) is 9.59 Å². The number of carbonyl (C=O) groups excluding carboxylic acids is 2. The predicted molar refractivity (Wildman–Crippen MR) is 145 cm³/mol. The lowest BCUT2D eigenvalue weighted by atomic mass is 10.0. The van der Waals surface area contributed by atoms with Gasteiger partial charge in [0.2, 0.25) is 0 Å². The van der Waals surface area contributed by atoms with Gasteiger partial charge in [0.15, 0.2) is 11.5 Å². The molecule has 0 bridgehead atoms. The number of likely N-dealkylation sites (tertiary alicyclic amines) is 1. The zero-order valence-corrected chi connectivity index (χ0v) is 22.3. The number of methoxy groups -OCH3 is 2. The predicted octanol–water partition coefficient (Wildman–Crippen LogP) is 4.84. The number of quaternary nitrogens is 1. The minimum Gasteiger partial charge on any atom is -0.493 e. The molecule has 0 unspecified atom stereocenters. The maximum Gasteiger partial charge on any atom is 0.287 e. The first kappa shape index (κ1) is 26.5. The summed E-state index contributed by atoms with van der Waals surface area (Å²) in [5.74, 6) is 1.20. The Morgan fingerprint density at radius 1 is 0.892 bits per heavy atom. The lowest BCUT2D eigenvalue weighted by Crippen LogP contribution is -2.62. The van der Waals surface area contributed by atoms with Crippen molar-refractivity contribution >= 4 is 22.6 Å². The fourth-order valence-electron chi connectivity index (χ4n) is 5.17. The number of nitrogens with one attached hydrogen (secondary N) is 2. The van der Waals surface area contributed by atoms with Crippen LogP contribution in [-0.2, 0) is 11.3 Å². The van der Waals surface area contributed by atoms with Gasteiger partial charge in [-0.15, -0.1) is 0 Å². The number of rotatable bonds is 10. The van der Waals surface area contributed by atoms with Crippen molar-refractivity contribution in [3.8, 4) is 11.5 Å². The minimum absolute atomic E-state index is 0.148. The number of nitrogens with zero attached hydrogens (tertiary/aromatic N) is 1. The number of hydrogen-bond acceptors (Lipinski definition) is 4. The minimum atomic E-state index is -0.625. The van der Waals surface area contributed by atoms with Crippen LogP contribution in [0.15, 0.2) is 60.7 Å². The number of amides is 2. The SMILES string of the molecule is COc1ccc(C[N+]2(NC(=O)[C@H](CC(C)C)NC(=O)c3ccc4ccccc4c3)CCCC2)cc1OC. The van der Waals surface area contributed by atoms with Crippen LogP contribution in [0.4, 0.5) is 0 Å². The molecule has 37 heavy (non-hydrogen) atoms. The molecule has 3 aromatic carbocycles. The fraction of sp³-hybridized carbons (Fsp3) is 0.400. The van der Waals surface area contributed by atoms with Gasteiger partial charge in [-0.2, -0.15) is 5.43 Å². The Kier molecular flexibility index (Phi) is 8.34. The van der Waals surface area contributed by atoms with Crippen molar-refractivity contribution in [1.82, 2.24) is 10.7 Å². The number of hydrogen-bond donors (Lipinski definition) is 2. The van der Waals surface area contributed by atoms with Gasteiger partial charge >= 0.3 is 0 Å². The highest BCUT2D eigenvalue weighted by Crippen LogP contribution is 2.30. The third kappa shape index (κ3) is 6.41. The molecule has 2 N–H and O–H groups in total. The van der Waals surface area contributed by atoms with Crippen LogP contribution >= 0.6 is 0 Å². The van der Waals surface area contributed by atoms with Crippen molar-refractivity contribution < 1.29 is 23.7 Å². The molecule has 1 atom stereocenters. The topological polar surface area (TPSA) is 76.7 Å². The Morgan fingerprint density at radius 3 is 2.27 bits per heavy atom. The van der Waals surface area contributed by atoms with E-state index in [4.69, 9.17) is 9.47 Å². The number of fused-ring (bicyclic) bond motifs is 1. The molecule has 0 spiro atoms. The summed E-state index contributed by atoms with van der Waals surface area (Å²) in [5.41, 5.74) is 4.92. The molecule has 0 aliphatic carbocycles. The van der Waals surface area contributed by atoms with Gasteiger partial charge in [0.05, 0.1) is 14.2 Å². The van der Waals surface area contributed by atoms with E-state index < -0.39 is 6.04 Å². The molecule has 2 amide bonds. The molecule has 1 saturated heterocycles. The van der Waals surface area contributed by atoms with E-state index >= 15 is 0 Å². The summed E-state index contributed by atoms with van der Waals surface area (Å²) in [7, 11) is 3.24. The van der Waals surface area contributed by atoms with E-state index in [1.807, 2.05) is 60.7 Å². The molecule has 7 heteroatoms. The zero-order valence-electron chi connectivity index (χ0n) is 22.3. The van der Waals surface area contributed by atoms with Crippen molar-refractivity contribution in [2.45, 2.75) is 45.7 Å². The molecule has 1 fully saturated rings. The average Bonchev–Trinajstić information content (AvgIpc) is 3.35.